The van der Waals surface area contributed by atoms with Crippen LogP contribution in [0.4, 0.5) is 0 Å². The van der Waals surface area contributed by atoms with Gasteiger partial charge < -0.3 is 9.73 Å². The third-order valence-electron chi connectivity index (χ3n) is 3.90. The number of aromatic amines is 1. The lowest BCUT2D eigenvalue weighted by atomic mass is 10.1. The van der Waals surface area contributed by atoms with Crippen molar-refractivity contribution in [2.75, 3.05) is 0 Å². The van der Waals surface area contributed by atoms with Gasteiger partial charge in [0.2, 0.25) is 0 Å². The fourth-order valence-corrected chi connectivity index (χ4v) is 2.90. The van der Waals surface area contributed by atoms with Gasteiger partial charge >= 0.3 is 5.76 Å². The molecule has 2 unspecified atom stereocenters. The van der Waals surface area contributed by atoms with Crippen LogP contribution in [0.3, 0.4) is 0 Å². The van der Waals surface area contributed by atoms with E-state index in [1.165, 1.54) is 0 Å². The van der Waals surface area contributed by atoms with E-state index in [0.29, 0.717) is 17.1 Å². The summed E-state index contributed by atoms with van der Waals surface area (Å²) in [5.41, 5.74) is 0.575. The molecule has 2 heterocycles. The first-order chi connectivity index (χ1) is 10.0. The number of aromatic nitrogens is 2. The summed E-state index contributed by atoms with van der Waals surface area (Å²) < 4.78 is 9.89. The summed E-state index contributed by atoms with van der Waals surface area (Å²) in [6.45, 7) is 3.59. The SMILES string of the molecule is Cc1cc(C(=O)NC2CCC(c3noc(=O)[nH]3)C2)c(C)o1. The van der Waals surface area contributed by atoms with E-state index in [-0.39, 0.29) is 17.9 Å². The van der Waals surface area contributed by atoms with Crippen molar-refractivity contribution < 1.29 is 13.7 Å². The van der Waals surface area contributed by atoms with E-state index in [1.54, 1.807) is 13.0 Å². The molecule has 0 aliphatic heterocycles. The number of rotatable bonds is 3. The second kappa shape index (κ2) is 5.23. The van der Waals surface area contributed by atoms with Crippen molar-refractivity contribution in [2.24, 2.45) is 0 Å². The number of H-pyrrole nitrogens is 1. The lowest BCUT2D eigenvalue weighted by Crippen LogP contribution is -2.33. The first-order valence-electron chi connectivity index (χ1n) is 6.96. The fraction of sp³-hybridized carbons (Fsp3) is 0.500. The molecule has 2 aromatic rings. The third kappa shape index (κ3) is 2.76. The summed E-state index contributed by atoms with van der Waals surface area (Å²) in [5.74, 6) is 1.37. The molecule has 112 valence electrons. The van der Waals surface area contributed by atoms with E-state index < -0.39 is 5.76 Å². The first-order valence-corrected chi connectivity index (χ1v) is 6.96. The number of amides is 1. The Morgan fingerprint density at radius 2 is 2.24 bits per heavy atom. The van der Waals surface area contributed by atoms with Gasteiger partial charge in [-0.1, -0.05) is 5.16 Å². The van der Waals surface area contributed by atoms with Crippen molar-refractivity contribution in [1.82, 2.24) is 15.5 Å². The van der Waals surface area contributed by atoms with Gasteiger partial charge in [-0.2, -0.15) is 0 Å². The average Bonchev–Trinajstić information content (AvgIpc) is 3.10. The van der Waals surface area contributed by atoms with E-state index in [1.807, 2.05) is 6.92 Å². The van der Waals surface area contributed by atoms with Gasteiger partial charge in [0.1, 0.15) is 11.5 Å². The number of nitrogens with one attached hydrogen (secondary N) is 2. The topological polar surface area (TPSA) is 101 Å². The lowest BCUT2D eigenvalue weighted by Gasteiger charge is -2.12. The highest BCUT2D eigenvalue weighted by Gasteiger charge is 2.30. The van der Waals surface area contributed by atoms with Gasteiger partial charge in [-0.15, -0.1) is 0 Å². The molecule has 7 heteroatoms. The highest BCUT2D eigenvalue weighted by Crippen LogP contribution is 2.32. The quantitative estimate of drug-likeness (QED) is 0.895. The molecule has 1 saturated carbocycles. The summed E-state index contributed by atoms with van der Waals surface area (Å²) in [5, 5.41) is 6.72. The van der Waals surface area contributed by atoms with Gasteiger partial charge in [0.15, 0.2) is 5.82 Å². The molecule has 2 N–H and O–H groups in total. The Bertz CT molecular complexity index is 712. The fourth-order valence-electron chi connectivity index (χ4n) is 2.90. The Morgan fingerprint density at radius 3 is 2.86 bits per heavy atom. The van der Waals surface area contributed by atoms with Gasteiger partial charge in [-0.05, 0) is 39.2 Å². The molecule has 7 nitrogen and oxygen atoms in total. The monoisotopic (exact) mass is 291 g/mol. The van der Waals surface area contributed by atoms with Crippen molar-refractivity contribution in [3.05, 3.63) is 39.5 Å². The van der Waals surface area contributed by atoms with Gasteiger partial charge in [-0.25, -0.2) is 4.79 Å². The van der Waals surface area contributed by atoms with Gasteiger partial charge in [0.25, 0.3) is 5.91 Å². The van der Waals surface area contributed by atoms with Crippen LogP contribution in [0.15, 0.2) is 19.8 Å². The minimum absolute atomic E-state index is 0.0670. The Balaban J connectivity index is 1.63. The van der Waals surface area contributed by atoms with Crippen molar-refractivity contribution in [3.63, 3.8) is 0 Å². The van der Waals surface area contributed by atoms with Crippen LogP contribution in [0.2, 0.25) is 0 Å². The highest BCUT2D eigenvalue weighted by atomic mass is 16.5. The van der Waals surface area contributed by atoms with Crippen LogP contribution < -0.4 is 11.1 Å². The number of hydrogen-bond donors (Lipinski definition) is 2. The maximum absolute atomic E-state index is 12.2. The molecule has 0 aromatic carbocycles. The average molecular weight is 291 g/mol. The zero-order chi connectivity index (χ0) is 15.0. The molecule has 0 radical (unpaired) electrons. The smallest absolute Gasteiger partial charge is 0.438 e. The largest absolute Gasteiger partial charge is 0.466 e. The van der Waals surface area contributed by atoms with Crippen LogP contribution in [0.5, 0.6) is 0 Å². The van der Waals surface area contributed by atoms with Gasteiger partial charge in [0, 0.05) is 12.0 Å². The number of carbonyl (C=O) groups is 1. The third-order valence-corrected chi connectivity index (χ3v) is 3.90. The Kier molecular flexibility index (Phi) is 3.40. The number of carbonyl (C=O) groups excluding carboxylic acids is 1. The Labute approximate surface area is 120 Å². The van der Waals surface area contributed by atoms with Crippen LogP contribution in [0.1, 0.15) is 52.9 Å². The van der Waals surface area contributed by atoms with Crippen LogP contribution in [-0.4, -0.2) is 22.1 Å². The van der Waals surface area contributed by atoms with E-state index >= 15 is 0 Å². The standard InChI is InChI=1S/C14H17N3O4/c1-7-5-11(8(2)20-7)13(18)15-10-4-3-9(6-10)12-16-14(19)21-17-12/h5,9-10H,3-4,6H2,1-2H3,(H,15,18)(H,16,17,19). The molecule has 1 fully saturated rings. The number of hydrogen-bond acceptors (Lipinski definition) is 5. The van der Waals surface area contributed by atoms with E-state index in [4.69, 9.17) is 4.42 Å². The summed E-state index contributed by atoms with van der Waals surface area (Å²) in [7, 11) is 0. The van der Waals surface area contributed by atoms with Gasteiger partial charge in [0.05, 0.1) is 5.56 Å². The second-order valence-electron chi connectivity index (χ2n) is 5.49. The molecule has 21 heavy (non-hydrogen) atoms. The Morgan fingerprint density at radius 1 is 1.43 bits per heavy atom. The zero-order valence-corrected chi connectivity index (χ0v) is 11.9. The normalized spacial score (nSPS) is 21.6. The number of furan rings is 1. The first kappa shape index (κ1) is 13.7. The van der Waals surface area contributed by atoms with E-state index in [0.717, 1.165) is 25.0 Å². The van der Waals surface area contributed by atoms with Crippen LogP contribution in [-0.2, 0) is 0 Å². The predicted octanol–water partition coefficient (Wildman–Crippen LogP) is 1.64. The maximum atomic E-state index is 12.2. The molecule has 2 atom stereocenters. The molecular weight excluding hydrogens is 274 g/mol. The summed E-state index contributed by atoms with van der Waals surface area (Å²) in [4.78, 5) is 25.8. The number of nitrogens with zero attached hydrogens (tertiary/aromatic N) is 1. The van der Waals surface area contributed by atoms with E-state index in [2.05, 4.69) is 20.0 Å². The van der Waals surface area contributed by atoms with Crippen molar-refractivity contribution in [3.8, 4) is 0 Å². The highest BCUT2D eigenvalue weighted by molar-refractivity contribution is 5.95. The maximum Gasteiger partial charge on any atom is 0.438 e. The van der Waals surface area contributed by atoms with Crippen LogP contribution in [0, 0.1) is 13.8 Å². The molecule has 3 rings (SSSR count). The van der Waals surface area contributed by atoms with Crippen molar-refractivity contribution in [2.45, 2.75) is 45.1 Å². The van der Waals surface area contributed by atoms with E-state index in [9.17, 15) is 9.59 Å². The van der Waals surface area contributed by atoms with Crippen molar-refractivity contribution >= 4 is 5.91 Å². The predicted molar refractivity (Wildman–Crippen MR) is 73.2 cm³/mol. The summed E-state index contributed by atoms with van der Waals surface area (Å²) in [6.07, 6.45) is 2.45. The molecule has 2 aromatic heterocycles. The molecule has 0 spiro atoms. The van der Waals surface area contributed by atoms with Gasteiger partial charge in [-0.3, -0.25) is 14.3 Å². The molecular formula is C14H17N3O4. The minimum atomic E-state index is -0.540. The van der Waals surface area contributed by atoms with Crippen LogP contribution >= 0.6 is 0 Å². The minimum Gasteiger partial charge on any atom is -0.466 e. The molecule has 0 bridgehead atoms. The van der Waals surface area contributed by atoms with Crippen molar-refractivity contribution in [1.29, 1.82) is 0 Å². The zero-order valence-electron chi connectivity index (χ0n) is 11.9. The summed E-state index contributed by atoms with van der Waals surface area (Å²) in [6, 6.07) is 1.81. The molecule has 1 aliphatic rings. The van der Waals surface area contributed by atoms with Crippen LogP contribution in [0.25, 0.3) is 0 Å². The molecule has 0 saturated heterocycles. The molecule has 1 amide bonds. The summed E-state index contributed by atoms with van der Waals surface area (Å²) >= 11 is 0. The number of aryl methyl sites for hydroxylation is 2. The Hall–Kier alpha value is -2.31. The molecule has 1 aliphatic carbocycles. The second-order valence-corrected chi connectivity index (χ2v) is 5.49. The lowest BCUT2D eigenvalue weighted by molar-refractivity contribution is 0.0936.